The lowest BCUT2D eigenvalue weighted by atomic mass is 9.78. The first-order valence-electron chi connectivity index (χ1n) is 13.6. The van der Waals surface area contributed by atoms with E-state index < -0.39 is 0 Å². The van der Waals surface area contributed by atoms with Crippen LogP contribution in [0, 0.1) is 29.5 Å². The van der Waals surface area contributed by atoms with Crippen molar-refractivity contribution in [2.45, 2.75) is 117 Å². The van der Waals surface area contributed by atoms with Crippen molar-refractivity contribution in [2.75, 3.05) is 0 Å². The van der Waals surface area contributed by atoms with E-state index in [4.69, 9.17) is 4.74 Å². The van der Waals surface area contributed by atoms with Gasteiger partial charge in [0, 0.05) is 6.07 Å². The predicted octanol–water partition coefficient (Wildman–Crippen LogP) is 8.66. The molecule has 3 heteroatoms. The Morgan fingerprint density at radius 3 is 2.09 bits per heavy atom. The highest BCUT2D eigenvalue weighted by Crippen LogP contribution is 2.35. The lowest BCUT2D eigenvalue weighted by Gasteiger charge is -2.28. The van der Waals surface area contributed by atoms with E-state index in [-0.39, 0.29) is 17.7 Å². The topological polar surface area (TPSA) is 26.3 Å². The van der Waals surface area contributed by atoms with E-state index in [9.17, 15) is 9.18 Å². The number of hydrogen-bond donors (Lipinski definition) is 0. The molecule has 2 aliphatic rings. The molecule has 2 nitrogen and oxygen atoms in total. The molecule has 1 aromatic carbocycles. The Morgan fingerprint density at radius 1 is 0.844 bits per heavy atom. The molecule has 0 atom stereocenters. The van der Waals surface area contributed by atoms with E-state index in [2.05, 4.69) is 13.8 Å². The summed E-state index contributed by atoms with van der Waals surface area (Å²) >= 11 is 0. The predicted molar refractivity (Wildman–Crippen MR) is 130 cm³/mol. The van der Waals surface area contributed by atoms with E-state index in [1.807, 2.05) is 6.07 Å². The third kappa shape index (κ3) is 7.89. The van der Waals surface area contributed by atoms with Crippen molar-refractivity contribution in [2.24, 2.45) is 23.7 Å². The number of benzene rings is 1. The Bertz CT molecular complexity index is 684. The third-order valence-corrected chi connectivity index (χ3v) is 8.12. The van der Waals surface area contributed by atoms with Crippen LogP contribution < -0.4 is 4.74 Å². The van der Waals surface area contributed by atoms with Crippen LogP contribution in [0.1, 0.15) is 116 Å². The van der Waals surface area contributed by atoms with Gasteiger partial charge in [0.25, 0.3) is 0 Å². The van der Waals surface area contributed by atoms with Gasteiger partial charge in [0.2, 0.25) is 0 Å². The molecule has 180 valence electrons. The summed E-state index contributed by atoms with van der Waals surface area (Å²) in [5, 5.41) is 0. The minimum absolute atomic E-state index is 0.0251. The van der Waals surface area contributed by atoms with Crippen LogP contribution in [0.25, 0.3) is 0 Å². The van der Waals surface area contributed by atoms with Crippen LogP contribution in [-0.4, -0.2) is 5.97 Å². The number of aryl methyl sites for hydroxylation is 1. The van der Waals surface area contributed by atoms with Crippen LogP contribution in [0.15, 0.2) is 18.2 Å². The fraction of sp³-hybridized carbons (Fsp3) is 0.759. The van der Waals surface area contributed by atoms with Gasteiger partial charge in [0.15, 0.2) is 0 Å². The third-order valence-electron chi connectivity index (χ3n) is 8.12. The Balaban J connectivity index is 1.39. The van der Waals surface area contributed by atoms with E-state index in [1.165, 1.54) is 70.3 Å². The number of halogens is 1. The average molecular weight is 445 g/mol. The number of rotatable bonds is 11. The lowest BCUT2D eigenvalue weighted by molar-refractivity contribution is -0.140. The first-order chi connectivity index (χ1) is 15.6. The molecule has 0 aromatic heterocycles. The summed E-state index contributed by atoms with van der Waals surface area (Å²) in [5.41, 5.74) is 0.759. The van der Waals surface area contributed by atoms with E-state index in [1.54, 1.807) is 6.07 Å². The van der Waals surface area contributed by atoms with Gasteiger partial charge in [-0.15, -0.1) is 0 Å². The van der Waals surface area contributed by atoms with Crippen molar-refractivity contribution in [3.05, 3.63) is 29.6 Å². The number of carbonyl (C=O) groups is 1. The van der Waals surface area contributed by atoms with Crippen LogP contribution in [0.5, 0.6) is 5.75 Å². The second-order valence-corrected chi connectivity index (χ2v) is 10.6. The Kier molecular flexibility index (Phi) is 10.5. The van der Waals surface area contributed by atoms with Crippen molar-refractivity contribution in [3.63, 3.8) is 0 Å². The molecule has 0 unspecified atom stereocenters. The number of esters is 1. The first kappa shape index (κ1) is 25.2. The summed E-state index contributed by atoms with van der Waals surface area (Å²) in [7, 11) is 0. The summed E-state index contributed by atoms with van der Waals surface area (Å²) in [6, 6.07) is 5.02. The summed E-state index contributed by atoms with van der Waals surface area (Å²) in [6.45, 7) is 4.49. The molecular weight excluding hydrogens is 399 g/mol. The normalized spacial score (nSPS) is 26.1. The zero-order valence-corrected chi connectivity index (χ0v) is 20.5. The van der Waals surface area contributed by atoms with Gasteiger partial charge >= 0.3 is 5.97 Å². The second-order valence-electron chi connectivity index (χ2n) is 10.6. The smallest absolute Gasteiger partial charge is 0.314 e. The fourth-order valence-electron chi connectivity index (χ4n) is 5.94. The lowest BCUT2D eigenvalue weighted by Crippen LogP contribution is -2.25. The quantitative estimate of drug-likeness (QED) is 0.194. The maximum atomic E-state index is 14.7. The van der Waals surface area contributed by atoms with Crippen LogP contribution in [-0.2, 0) is 11.2 Å². The molecule has 0 N–H and O–H groups in total. The molecule has 0 spiro atoms. The molecule has 2 saturated carbocycles. The van der Waals surface area contributed by atoms with Crippen molar-refractivity contribution in [1.82, 2.24) is 0 Å². The molecule has 0 aliphatic heterocycles. The highest BCUT2D eigenvalue weighted by atomic mass is 19.1. The fourth-order valence-corrected chi connectivity index (χ4v) is 5.94. The Labute approximate surface area is 195 Å². The zero-order chi connectivity index (χ0) is 22.8. The van der Waals surface area contributed by atoms with Gasteiger partial charge in [-0.3, -0.25) is 4.79 Å². The molecule has 0 saturated heterocycles. The summed E-state index contributed by atoms with van der Waals surface area (Å²) in [5.74, 6) is 2.35. The second kappa shape index (κ2) is 13.4. The summed E-state index contributed by atoms with van der Waals surface area (Å²) in [6.07, 6.45) is 19.1. The van der Waals surface area contributed by atoms with Crippen LogP contribution in [0.3, 0.4) is 0 Å². The number of ether oxygens (including phenoxy) is 1. The first-order valence-corrected chi connectivity index (χ1v) is 13.6. The molecular formula is C29H45FO2. The SMILES string of the molecule is CCCCC[C@H]1CC[C@H](CCc2ccc(OC(=O)[C@H]3CC[C@H](CCC)CC3)cc2F)CC1. The number of hydrogen-bond acceptors (Lipinski definition) is 2. The van der Waals surface area contributed by atoms with Gasteiger partial charge in [-0.05, 0) is 67.9 Å². The zero-order valence-electron chi connectivity index (χ0n) is 20.5. The summed E-state index contributed by atoms with van der Waals surface area (Å²) < 4.78 is 20.2. The average Bonchev–Trinajstić information content (AvgIpc) is 2.80. The highest BCUT2D eigenvalue weighted by Gasteiger charge is 2.27. The highest BCUT2D eigenvalue weighted by molar-refractivity contribution is 5.75. The van der Waals surface area contributed by atoms with Gasteiger partial charge < -0.3 is 4.74 Å². The molecule has 2 aliphatic carbocycles. The van der Waals surface area contributed by atoms with Gasteiger partial charge in [-0.2, -0.15) is 0 Å². The van der Waals surface area contributed by atoms with Crippen LogP contribution in [0.4, 0.5) is 4.39 Å². The minimum atomic E-state index is -0.227. The largest absolute Gasteiger partial charge is 0.426 e. The Morgan fingerprint density at radius 2 is 1.47 bits per heavy atom. The minimum Gasteiger partial charge on any atom is -0.426 e. The van der Waals surface area contributed by atoms with Crippen LogP contribution in [0.2, 0.25) is 0 Å². The molecule has 1 aromatic rings. The number of unbranched alkanes of at least 4 members (excludes halogenated alkanes) is 2. The van der Waals surface area contributed by atoms with Crippen LogP contribution >= 0.6 is 0 Å². The van der Waals surface area contributed by atoms with E-state index >= 15 is 0 Å². The van der Waals surface area contributed by atoms with Gasteiger partial charge in [0.1, 0.15) is 11.6 Å². The van der Waals surface area contributed by atoms with E-state index in [0.29, 0.717) is 5.75 Å². The molecule has 0 amide bonds. The monoisotopic (exact) mass is 444 g/mol. The maximum Gasteiger partial charge on any atom is 0.314 e. The van der Waals surface area contributed by atoms with Gasteiger partial charge in [-0.1, -0.05) is 84.1 Å². The van der Waals surface area contributed by atoms with Gasteiger partial charge in [-0.25, -0.2) is 4.39 Å². The molecule has 0 heterocycles. The van der Waals surface area contributed by atoms with E-state index in [0.717, 1.165) is 61.8 Å². The molecule has 0 radical (unpaired) electrons. The standard InChI is InChI=1S/C29H45FO2/c1-3-5-6-8-23-9-11-24(12-10-23)13-16-25-19-20-27(21-28(25)30)32-29(31)26-17-14-22(7-4-2)15-18-26/h19-24,26H,3-18H2,1-2H3/t22-,23-,24-,26-. The van der Waals surface area contributed by atoms with Crippen molar-refractivity contribution in [3.8, 4) is 5.75 Å². The molecule has 2 fully saturated rings. The molecule has 3 rings (SSSR count). The Hall–Kier alpha value is -1.38. The van der Waals surface area contributed by atoms with Crippen molar-refractivity contribution >= 4 is 5.97 Å². The summed E-state index contributed by atoms with van der Waals surface area (Å²) in [4.78, 5) is 12.5. The van der Waals surface area contributed by atoms with Crippen molar-refractivity contribution < 1.29 is 13.9 Å². The van der Waals surface area contributed by atoms with Gasteiger partial charge in [0.05, 0.1) is 5.92 Å². The maximum absolute atomic E-state index is 14.7. The molecule has 0 bridgehead atoms. The molecule has 32 heavy (non-hydrogen) atoms. The van der Waals surface area contributed by atoms with Crippen molar-refractivity contribution in [1.29, 1.82) is 0 Å². The number of carbonyl (C=O) groups excluding carboxylic acids is 1.